The van der Waals surface area contributed by atoms with Crippen molar-refractivity contribution in [2.24, 2.45) is 0 Å². The van der Waals surface area contributed by atoms with E-state index in [-0.39, 0.29) is 18.5 Å². The van der Waals surface area contributed by atoms with E-state index in [0.717, 1.165) is 57.8 Å². The van der Waals surface area contributed by atoms with E-state index in [1.165, 1.54) is 212 Å². The summed E-state index contributed by atoms with van der Waals surface area (Å²) in [5.41, 5.74) is 0. The van der Waals surface area contributed by atoms with Gasteiger partial charge in [0.15, 0.2) is 0 Å². The summed E-state index contributed by atoms with van der Waals surface area (Å²) in [6, 6.07) is -0.645. The molecule has 0 bridgehead atoms. The maximum absolute atomic E-state index is 12.5. The standard InChI is InChI=1S/C56H107NO5/c1-3-5-7-9-11-13-15-17-19-20-21-22-23-24-25-26-28-32-36-40-44-48-54(59)53(52-58)57-55(60)49-45-41-37-33-30-31-35-39-43-47-51-62-56(61)50-46-42-38-34-29-27-18-16-14-12-10-8-6-4-2/h16,18,44,48,53-54,58-59H,3-15,17,19-43,45-47,49-52H2,1-2H3,(H,57,60)/b18-16-,48-44+. The first-order chi connectivity index (χ1) is 30.5. The normalized spacial score (nSPS) is 12.8. The summed E-state index contributed by atoms with van der Waals surface area (Å²) in [7, 11) is 0. The maximum atomic E-state index is 12.5. The van der Waals surface area contributed by atoms with Gasteiger partial charge in [-0.15, -0.1) is 0 Å². The summed E-state index contributed by atoms with van der Waals surface area (Å²) in [5.74, 6) is -0.118. The van der Waals surface area contributed by atoms with Gasteiger partial charge in [-0.1, -0.05) is 250 Å². The summed E-state index contributed by atoms with van der Waals surface area (Å²) >= 11 is 0. The van der Waals surface area contributed by atoms with Crippen molar-refractivity contribution >= 4 is 11.9 Å². The van der Waals surface area contributed by atoms with E-state index in [0.29, 0.717) is 19.4 Å². The Hall–Kier alpha value is -1.66. The Labute approximate surface area is 386 Å². The van der Waals surface area contributed by atoms with Crippen molar-refractivity contribution in [2.75, 3.05) is 13.2 Å². The smallest absolute Gasteiger partial charge is 0.305 e. The van der Waals surface area contributed by atoms with E-state index in [1.54, 1.807) is 6.08 Å². The molecule has 0 fully saturated rings. The molecule has 0 saturated heterocycles. The number of ether oxygens (including phenoxy) is 1. The Bertz CT molecular complexity index is 966. The molecule has 6 heteroatoms. The lowest BCUT2D eigenvalue weighted by molar-refractivity contribution is -0.143. The highest BCUT2D eigenvalue weighted by Gasteiger charge is 2.18. The van der Waals surface area contributed by atoms with Gasteiger partial charge < -0.3 is 20.3 Å². The number of aliphatic hydroxyl groups excluding tert-OH is 2. The molecule has 0 aromatic carbocycles. The minimum absolute atomic E-state index is 0.0289. The number of hydrogen-bond donors (Lipinski definition) is 3. The number of nitrogens with one attached hydrogen (secondary N) is 1. The van der Waals surface area contributed by atoms with Crippen molar-refractivity contribution in [3.8, 4) is 0 Å². The lowest BCUT2D eigenvalue weighted by Crippen LogP contribution is -2.45. The molecule has 3 N–H and O–H groups in total. The molecule has 6 nitrogen and oxygen atoms in total. The average Bonchev–Trinajstić information content (AvgIpc) is 3.27. The Morgan fingerprint density at radius 3 is 1.15 bits per heavy atom. The number of esters is 1. The number of unbranched alkanes of at least 4 members (excludes halogenated alkanes) is 38. The summed E-state index contributed by atoms with van der Waals surface area (Å²) in [6.07, 6.45) is 61.8. The van der Waals surface area contributed by atoms with Gasteiger partial charge in [-0.25, -0.2) is 0 Å². The van der Waals surface area contributed by atoms with Crippen LogP contribution in [0.15, 0.2) is 24.3 Å². The van der Waals surface area contributed by atoms with Gasteiger partial charge in [0.25, 0.3) is 0 Å². The molecule has 366 valence electrons. The Kier molecular flexibility index (Phi) is 50.6. The van der Waals surface area contributed by atoms with Crippen LogP contribution in [0.4, 0.5) is 0 Å². The number of aliphatic hydroxyl groups is 2. The third kappa shape index (κ3) is 47.8. The van der Waals surface area contributed by atoms with E-state index in [4.69, 9.17) is 4.74 Å². The molecule has 0 aliphatic carbocycles. The molecule has 0 aliphatic heterocycles. The molecule has 0 radical (unpaired) electrons. The van der Waals surface area contributed by atoms with Crippen molar-refractivity contribution in [2.45, 2.75) is 309 Å². The molecular weight excluding hydrogens is 767 g/mol. The highest BCUT2D eigenvalue weighted by molar-refractivity contribution is 5.76. The summed E-state index contributed by atoms with van der Waals surface area (Å²) in [5, 5.41) is 23.1. The monoisotopic (exact) mass is 874 g/mol. The van der Waals surface area contributed by atoms with Crippen LogP contribution >= 0.6 is 0 Å². The zero-order valence-electron chi connectivity index (χ0n) is 41.6. The molecule has 0 spiro atoms. The van der Waals surface area contributed by atoms with Crippen molar-refractivity contribution in [1.82, 2.24) is 5.32 Å². The molecule has 2 atom stereocenters. The molecule has 0 rings (SSSR count). The van der Waals surface area contributed by atoms with Crippen LogP contribution in [0.25, 0.3) is 0 Å². The first-order valence-corrected chi connectivity index (χ1v) is 27.6. The zero-order valence-corrected chi connectivity index (χ0v) is 41.6. The van der Waals surface area contributed by atoms with Gasteiger partial charge in [0, 0.05) is 12.8 Å². The lowest BCUT2D eigenvalue weighted by atomic mass is 10.0. The van der Waals surface area contributed by atoms with Gasteiger partial charge in [0.05, 0.1) is 25.4 Å². The topological polar surface area (TPSA) is 95.9 Å². The van der Waals surface area contributed by atoms with Crippen LogP contribution in [-0.2, 0) is 14.3 Å². The van der Waals surface area contributed by atoms with Crippen LogP contribution in [0.3, 0.4) is 0 Å². The van der Waals surface area contributed by atoms with Gasteiger partial charge in [-0.3, -0.25) is 9.59 Å². The van der Waals surface area contributed by atoms with Crippen molar-refractivity contribution in [3.63, 3.8) is 0 Å². The van der Waals surface area contributed by atoms with Crippen LogP contribution in [0, 0.1) is 0 Å². The number of hydrogen-bond acceptors (Lipinski definition) is 5. The lowest BCUT2D eigenvalue weighted by Gasteiger charge is -2.20. The summed E-state index contributed by atoms with van der Waals surface area (Å²) in [4.78, 5) is 24.5. The molecule has 0 aliphatic rings. The van der Waals surface area contributed by atoms with E-state index in [2.05, 4.69) is 31.3 Å². The minimum atomic E-state index is -0.860. The molecule has 1 amide bonds. The van der Waals surface area contributed by atoms with E-state index < -0.39 is 12.1 Å². The van der Waals surface area contributed by atoms with Crippen LogP contribution < -0.4 is 5.32 Å². The predicted molar refractivity (Wildman–Crippen MR) is 269 cm³/mol. The number of rotatable bonds is 51. The highest BCUT2D eigenvalue weighted by atomic mass is 16.5. The molecular formula is C56H107NO5. The zero-order chi connectivity index (χ0) is 45.1. The van der Waals surface area contributed by atoms with Crippen LogP contribution in [0.5, 0.6) is 0 Å². The van der Waals surface area contributed by atoms with Gasteiger partial charge >= 0.3 is 5.97 Å². The van der Waals surface area contributed by atoms with E-state index in [1.807, 2.05) is 6.08 Å². The molecule has 0 saturated carbocycles. The first kappa shape index (κ1) is 60.3. The Balaban J connectivity index is 3.52. The Morgan fingerprint density at radius 2 is 0.758 bits per heavy atom. The SMILES string of the molecule is CCCCCCC/C=C\CCCCCCCC(=O)OCCCCCCCCCCCCC(=O)NC(CO)C(O)/C=C/CCCCCCCCCCCCCCCCCCCCC. The molecule has 2 unspecified atom stereocenters. The van der Waals surface area contributed by atoms with Gasteiger partial charge in [-0.05, 0) is 57.8 Å². The summed E-state index contributed by atoms with van der Waals surface area (Å²) in [6.45, 7) is 4.85. The fourth-order valence-corrected chi connectivity index (χ4v) is 8.45. The van der Waals surface area contributed by atoms with Crippen LogP contribution in [-0.4, -0.2) is 47.4 Å². The molecule has 0 aromatic rings. The second-order valence-corrected chi connectivity index (χ2v) is 18.9. The highest BCUT2D eigenvalue weighted by Crippen LogP contribution is 2.16. The van der Waals surface area contributed by atoms with Crippen LogP contribution in [0.2, 0.25) is 0 Å². The fraction of sp³-hybridized carbons (Fsp3) is 0.893. The van der Waals surface area contributed by atoms with Crippen molar-refractivity contribution in [3.05, 3.63) is 24.3 Å². The van der Waals surface area contributed by atoms with Gasteiger partial charge in [0.2, 0.25) is 5.91 Å². The fourth-order valence-electron chi connectivity index (χ4n) is 8.45. The minimum Gasteiger partial charge on any atom is -0.466 e. The van der Waals surface area contributed by atoms with E-state index >= 15 is 0 Å². The van der Waals surface area contributed by atoms with Crippen molar-refractivity contribution in [1.29, 1.82) is 0 Å². The quantitative estimate of drug-likeness (QED) is 0.0321. The number of carbonyl (C=O) groups is 2. The van der Waals surface area contributed by atoms with Gasteiger partial charge in [-0.2, -0.15) is 0 Å². The van der Waals surface area contributed by atoms with Gasteiger partial charge in [0.1, 0.15) is 0 Å². The predicted octanol–water partition coefficient (Wildman–Crippen LogP) is 16.7. The molecule has 62 heavy (non-hydrogen) atoms. The van der Waals surface area contributed by atoms with E-state index in [9.17, 15) is 19.8 Å². The largest absolute Gasteiger partial charge is 0.466 e. The van der Waals surface area contributed by atoms with Crippen molar-refractivity contribution < 1.29 is 24.5 Å². The van der Waals surface area contributed by atoms with Crippen LogP contribution in [0.1, 0.15) is 296 Å². The maximum Gasteiger partial charge on any atom is 0.305 e. The average molecular weight is 874 g/mol. The molecule has 0 aromatic heterocycles. The number of allylic oxidation sites excluding steroid dienone is 3. The first-order valence-electron chi connectivity index (χ1n) is 27.6. The second kappa shape index (κ2) is 52.0. The second-order valence-electron chi connectivity index (χ2n) is 18.9. The Morgan fingerprint density at radius 1 is 0.435 bits per heavy atom. The third-order valence-electron chi connectivity index (χ3n) is 12.7. The summed E-state index contributed by atoms with van der Waals surface area (Å²) < 4.78 is 5.45. The number of amides is 1. The third-order valence-corrected chi connectivity index (χ3v) is 12.7. The molecule has 0 heterocycles. The number of carbonyl (C=O) groups excluding carboxylic acids is 2.